The lowest BCUT2D eigenvalue weighted by Gasteiger charge is -2.40. The van der Waals surface area contributed by atoms with Crippen molar-refractivity contribution in [1.29, 1.82) is 0 Å². The summed E-state index contributed by atoms with van der Waals surface area (Å²) in [7, 11) is 2.66. The molecule has 0 heterocycles. The summed E-state index contributed by atoms with van der Waals surface area (Å²) >= 11 is 0. The first-order chi connectivity index (χ1) is 11.7. The van der Waals surface area contributed by atoms with Crippen LogP contribution in [-0.4, -0.2) is 26.2 Å². The normalized spacial score (nSPS) is 22.2. The van der Waals surface area contributed by atoms with Gasteiger partial charge in [-0.15, -0.1) is 0 Å². The molecule has 0 unspecified atom stereocenters. The van der Waals surface area contributed by atoms with Crippen LogP contribution in [0.25, 0.3) is 0 Å². The molecule has 2 aromatic rings. The fraction of sp³-hybridized carbons (Fsp3) is 0.300. The summed E-state index contributed by atoms with van der Waals surface area (Å²) in [6.45, 7) is 0. The first-order valence-electron chi connectivity index (χ1n) is 7.99. The van der Waals surface area contributed by atoms with Gasteiger partial charge in [0.05, 0.1) is 14.2 Å². The first kappa shape index (κ1) is 14.9. The highest BCUT2D eigenvalue weighted by Crippen LogP contribution is 2.63. The Hall–Kier alpha value is -2.62. The van der Waals surface area contributed by atoms with Crippen LogP contribution in [0, 0.1) is 5.41 Å². The summed E-state index contributed by atoms with van der Waals surface area (Å²) < 4.78 is 10.2. The van der Waals surface area contributed by atoms with Crippen LogP contribution >= 0.6 is 0 Å². The van der Waals surface area contributed by atoms with E-state index in [1.165, 1.54) is 19.8 Å². The molecule has 0 aromatic heterocycles. The van der Waals surface area contributed by atoms with E-state index in [1.54, 1.807) is 0 Å². The van der Waals surface area contributed by atoms with Crippen molar-refractivity contribution in [2.75, 3.05) is 14.2 Å². The second-order valence-corrected chi connectivity index (χ2v) is 6.37. The Kier molecular flexibility index (Phi) is 3.23. The van der Waals surface area contributed by atoms with Gasteiger partial charge in [0.1, 0.15) is 0 Å². The van der Waals surface area contributed by atoms with Crippen molar-refractivity contribution in [3.05, 3.63) is 70.8 Å². The zero-order valence-electron chi connectivity index (χ0n) is 13.6. The van der Waals surface area contributed by atoms with Gasteiger partial charge in [-0.1, -0.05) is 48.5 Å². The zero-order chi connectivity index (χ0) is 16.9. The Morgan fingerprint density at radius 1 is 0.875 bits per heavy atom. The van der Waals surface area contributed by atoms with E-state index in [0.717, 1.165) is 16.7 Å². The van der Waals surface area contributed by atoms with E-state index in [4.69, 9.17) is 9.47 Å². The summed E-state index contributed by atoms with van der Waals surface area (Å²) in [5.41, 5.74) is 2.89. The predicted octanol–water partition coefficient (Wildman–Crippen LogP) is 2.80. The fourth-order valence-electron chi connectivity index (χ4n) is 4.63. The molecule has 0 spiro atoms. The minimum absolute atomic E-state index is 0.270. The van der Waals surface area contributed by atoms with Crippen molar-refractivity contribution in [3.63, 3.8) is 0 Å². The number of hydrogen-bond acceptors (Lipinski definition) is 4. The standard InChI is InChI=1S/C20H18O4/c1-23-18(21)20(19(22)24-2)16-11-12-7-3-4-8-13(12)17(20)15-10-6-5-9-14(15)16/h3-10,16-17H,11H2,1-2H3/t16-,17-/m0/s1. The number of benzene rings is 2. The Labute approximate surface area is 140 Å². The van der Waals surface area contributed by atoms with Crippen molar-refractivity contribution in [3.8, 4) is 0 Å². The van der Waals surface area contributed by atoms with Crippen LogP contribution in [0.15, 0.2) is 48.5 Å². The smallest absolute Gasteiger partial charge is 0.324 e. The van der Waals surface area contributed by atoms with E-state index in [-0.39, 0.29) is 11.8 Å². The highest BCUT2D eigenvalue weighted by atomic mass is 16.5. The van der Waals surface area contributed by atoms with E-state index < -0.39 is 17.4 Å². The molecule has 0 amide bonds. The molecule has 0 saturated carbocycles. The number of rotatable bonds is 2. The average molecular weight is 322 g/mol. The van der Waals surface area contributed by atoms with Gasteiger partial charge in [-0.05, 0) is 28.7 Å². The van der Waals surface area contributed by atoms with Gasteiger partial charge in [0.15, 0.2) is 5.41 Å². The number of fused-ring (bicyclic) bond motifs is 7. The Balaban J connectivity index is 2.07. The quantitative estimate of drug-likeness (QED) is 0.630. The zero-order valence-corrected chi connectivity index (χ0v) is 13.6. The maximum atomic E-state index is 12.9. The minimum Gasteiger partial charge on any atom is -0.468 e. The third-order valence-electron chi connectivity index (χ3n) is 5.52. The Bertz CT molecular complexity index is 812. The molecule has 0 saturated heterocycles. The van der Waals surface area contributed by atoms with Crippen molar-refractivity contribution < 1.29 is 19.1 Å². The van der Waals surface area contributed by atoms with Crippen LogP contribution < -0.4 is 0 Å². The summed E-state index contributed by atoms with van der Waals surface area (Å²) in [6.07, 6.45) is 0.619. The molecule has 2 bridgehead atoms. The molecular weight excluding hydrogens is 304 g/mol. The molecule has 4 heteroatoms. The summed E-state index contributed by atoms with van der Waals surface area (Å²) in [5, 5.41) is 0. The molecule has 0 aliphatic heterocycles. The van der Waals surface area contributed by atoms with E-state index >= 15 is 0 Å². The van der Waals surface area contributed by atoms with Crippen molar-refractivity contribution >= 4 is 11.9 Å². The van der Waals surface area contributed by atoms with Crippen LogP contribution in [0.1, 0.15) is 34.1 Å². The lowest BCUT2D eigenvalue weighted by molar-refractivity contribution is -0.172. The van der Waals surface area contributed by atoms with Crippen molar-refractivity contribution in [2.45, 2.75) is 18.3 Å². The van der Waals surface area contributed by atoms with Crippen LogP contribution in [-0.2, 0) is 25.5 Å². The van der Waals surface area contributed by atoms with Gasteiger partial charge < -0.3 is 9.47 Å². The molecule has 0 radical (unpaired) electrons. The molecule has 24 heavy (non-hydrogen) atoms. The lowest BCUT2D eigenvalue weighted by atomic mass is 9.61. The number of esters is 2. The largest absolute Gasteiger partial charge is 0.468 e. The number of methoxy groups -OCH3 is 2. The first-order valence-corrected chi connectivity index (χ1v) is 7.99. The maximum absolute atomic E-state index is 12.9. The summed E-state index contributed by atoms with van der Waals surface area (Å²) in [6, 6.07) is 15.9. The molecule has 0 N–H and O–H groups in total. The molecular formula is C20H18O4. The SMILES string of the molecule is COC(=O)C1(C(=O)OC)[C@H]2c3ccccc3C[C@H]1c1ccccc12. The molecule has 2 aliphatic rings. The maximum Gasteiger partial charge on any atom is 0.324 e. The number of carbonyl (C=O) groups is 2. The minimum atomic E-state index is -1.35. The van der Waals surface area contributed by atoms with E-state index in [1.807, 2.05) is 42.5 Å². The Morgan fingerprint density at radius 3 is 2.04 bits per heavy atom. The monoisotopic (exact) mass is 322 g/mol. The molecule has 4 nitrogen and oxygen atoms in total. The molecule has 2 aromatic carbocycles. The predicted molar refractivity (Wildman–Crippen MR) is 87.6 cm³/mol. The van der Waals surface area contributed by atoms with Crippen molar-refractivity contribution in [2.24, 2.45) is 5.41 Å². The Morgan fingerprint density at radius 2 is 1.42 bits per heavy atom. The van der Waals surface area contributed by atoms with Gasteiger partial charge in [-0.25, -0.2) is 0 Å². The summed E-state index contributed by atoms with van der Waals surface area (Å²) in [4.78, 5) is 25.8. The van der Waals surface area contributed by atoms with E-state index in [0.29, 0.717) is 6.42 Å². The molecule has 2 aliphatic carbocycles. The highest BCUT2D eigenvalue weighted by molar-refractivity contribution is 6.05. The molecule has 2 atom stereocenters. The van der Waals surface area contributed by atoms with Gasteiger partial charge in [-0.2, -0.15) is 0 Å². The van der Waals surface area contributed by atoms with Crippen LogP contribution in [0.5, 0.6) is 0 Å². The number of ether oxygens (including phenoxy) is 2. The van der Waals surface area contributed by atoms with Gasteiger partial charge in [0, 0.05) is 11.8 Å². The van der Waals surface area contributed by atoms with Gasteiger partial charge in [-0.3, -0.25) is 9.59 Å². The van der Waals surface area contributed by atoms with E-state index in [9.17, 15) is 9.59 Å². The van der Waals surface area contributed by atoms with Crippen LogP contribution in [0.2, 0.25) is 0 Å². The highest BCUT2D eigenvalue weighted by Gasteiger charge is 2.67. The third-order valence-corrected chi connectivity index (χ3v) is 5.52. The second-order valence-electron chi connectivity index (χ2n) is 6.37. The topological polar surface area (TPSA) is 52.6 Å². The number of carbonyl (C=O) groups excluding carboxylic acids is 2. The third kappa shape index (κ3) is 1.63. The fourth-order valence-corrected chi connectivity index (χ4v) is 4.63. The van der Waals surface area contributed by atoms with Crippen LogP contribution in [0.4, 0.5) is 0 Å². The van der Waals surface area contributed by atoms with Gasteiger partial charge >= 0.3 is 11.9 Å². The molecule has 0 fully saturated rings. The second kappa shape index (κ2) is 5.20. The van der Waals surface area contributed by atoms with Gasteiger partial charge in [0.25, 0.3) is 0 Å². The van der Waals surface area contributed by atoms with Gasteiger partial charge in [0.2, 0.25) is 0 Å². The van der Waals surface area contributed by atoms with E-state index in [2.05, 4.69) is 6.07 Å². The van der Waals surface area contributed by atoms with Crippen LogP contribution in [0.3, 0.4) is 0 Å². The number of hydrogen-bond donors (Lipinski definition) is 0. The summed E-state index contributed by atoms with van der Waals surface area (Å²) in [5.74, 6) is -1.68. The molecule has 122 valence electrons. The lowest BCUT2D eigenvalue weighted by Crippen LogP contribution is -2.50. The molecule has 4 rings (SSSR count). The average Bonchev–Trinajstić information content (AvgIpc) is 2.83. The van der Waals surface area contributed by atoms with Crippen molar-refractivity contribution in [1.82, 2.24) is 0 Å².